The molecule has 0 bridgehead atoms. The topological polar surface area (TPSA) is 67.2 Å². The van der Waals surface area contributed by atoms with Gasteiger partial charge in [-0.2, -0.15) is 0 Å². The Morgan fingerprint density at radius 2 is 2.30 bits per heavy atom. The molecule has 1 aromatic heterocycles. The zero-order valence-corrected chi connectivity index (χ0v) is 13.1. The van der Waals surface area contributed by atoms with Gasteiger partial charge < -0.3 is 9.88 Å². The van der Waals surface area contributed by atoms with Gasteiger partial charge >= 0.3 is 0 Å². The summed E-state index contributed by atoms with van der Waals surface area (Å²) >= 11 is 0. The summed E-state index contributed by atoms with van der Waals surface area (Å²) < 4.78 is 26.9. The minimum atomic E-state index is -3.06. The van der Waals surface area contributed by atoms with Crippen LogP contribution in [0.1, 0.15) is 18.5 Å². The number of aromatic nitrogens is 2. The molecule has 0 aromatic carbocycles. The van der Waals surface area contributed by atoms with E-state index < -0.39 is 10.0 Å². The molecule has 2 heterocycles. The Morgan fingerprint density at radius 1 is 1.50 bits per heavy atom. The van der Waals surface area contributed by atoms with Crippen molar-refractivity contribution >= 4 is 10.0 Å². The lowest BCUT2D eigenvalue weighted by Crippen LogP contribution is -2.40. The molecule has 0 amide bonds. The highest BCUT2D eigenvalue weighted by Crippen LogP contribution is 2.20. The first-order valence-corrected chi connectivity index (χ1v) is 8.94. The Labute approximate surface area is 121 Å². The van der Waals surface area contributed by atoms with Gasteiger partial charge in [0.05, 0.1) is 18.3 Å². The molecule has 20 heavy (non-hydrogen) atoms. The maximum absolute atomic E-state index is 11.6. The van der Waals surface area contributed by atoms with Crippen LogP contribution in [-0.4, -0.2) is 55.2 Å². The number of hydrogen-bond acceptors (Lipinski definition) is 4. The number of nitrogens with one attached hydrogen (secondary N) is 1. The molecule has 2 rings (SSSR count). The summed E-state index contributed by atoms with van der Waals surface area (Å²) in [6.07, 6.45) is 8.16. The predicted molar refractivity (Wildman–Crippen MR) is 79.0 cm³/mol. The minimum Gasteiger partial charge on any atom is -0.337 e. The van der Waals surface area contributed by atoms with Gasteiger partial charge in [0.2, 0.25) is 10.0 Å². The van der Waals surface area contributed by atoms with Gasteiger partial charge in [-0.25, -0.2) is 17.7 Å². The van der Waals surface area contributed by atoms with Crippen molar-refractivity contribution in [3.63, 3.8) is 0 Å². The van der Waals surface area contributed by atoms with E-state index in [1.807, 2.05) is 13.4 Å². The predicted octanol–water partition coefficient (Wildman–Crippen LogP) is 0.317. The number of piperidine rings is 1. The van der Waals surface area contributed by atoms with Gasteiger partial charge in [-0.3, -0.25) is 0 Å². The monoisotopic (exact) mass is 300 g/mol. The molecule has 0 aliphatic carbocycles. The third kappa shape index (κ3) is 4.29. The van der Waals surface area contributed by atoms with Crippen LogP contribution in [0.25, 0.3) is 0 Å². The summed E-state index contributed by atoms with van der Waals surface area (Å²) in [6, 6.07) is 0. The zero-order chi connectivity index (χ0) is 14.6. The van der Waals surface area contributed by atoms with E-state index in [2.05, 4.69) is 21.1 Å². The van der Waals surface area contributed by atoms with Gasteiger partial charge in [0.1, 0.15) is 0 Å². The van der Waals surface area contributed by atoms with E-state index in [9.17, 15) is 8.42 Å². The van der Waals surface area contributed by atoms with Gasteiger partial charge in [0, 0.05) is 38.8 Å². The molecule has 7 heteroatoms. The highest BCUT2D eigenvalue weighted by molar-refractivity contribution is 7.88. The summed E-state index contributed by atoms with van der Waals surface area (Å²) in [5, 5.41) is 3.11. The van der Waals surface area contributed by atoms with Gasteiger partial charge in [0.15, 0.2) is 0 Å². The Hall–Kier alpha value is -0.920. The van der Waals surface area contributed by atoms with Crippen LogP contribution >= 0.6 is 0 Å². The van der Waals surface area contributed by atoms with Crippen molar-refractivity contribution in [3.05, 3.63) is 18.2 Å². The van der Waals surface area contributed by atoms with Crippen molar-refractivity contribution in [2.45, 2.75) is 25.8 Å². The summed E-state index contributed by atoms with van der Waals surface area (Å²) in [7, 11) is -1.13. The van der Waals surface area contributed by atoms with Gasteiger partial charge in [-0.1, -0.05) is 0 Å². The van der Waals surface area contributed by atoms with Crippen molar-refractivity contribution in [2.24, 2.45) is 5.92 Å². The summed E-state index contributed by atoms with van der Waals surface area (Å²) in [4.78, 5) is 4.38. The lowest BCUT2D eigenvalue weighted by atomic mass is 10.00. The molecule has 0 radical (unpaired) electrons. The van der Waals surface area contributed by atoms with Gasteiger partial charge in [-0.15, -0.1) is 0 Å². The van der Waals surface area contributed by atoms with Crippen molar-refractivity contribution in [1.29, 1.82) is 0 Å². The third-order valence-electron chi connectivity index (χ3n) is 3.74. The number of likely N-dealkylation sites (N-methyl/N-ethyl adjacent to an activating group) is 1. The molecule has 1 atom stereocenters. The number of hydrogen-bond donors (Lipinski definition) is 1. The highest BCUT2D eigenvalue weighted by Gasteiger charge is 2.25. The molecule has 1 N–H and O–H groups in total. The second-order valence-electron chi connectivity index (χ2n) is 5.54. The largest absolute Gasteiger partial charge is 0.337 e. The van der Waals surface area contributed by atoms with E-state index in [0.717, 1.165) is 38.0 Å². The van der Waals surface area contributed by atoms with Crippen LogP contribution in [-0.2, 0) is 23.0 Å². The maximum Gasteiger partial charge on any atom is 0.211 e. The second-order valence-corrected chi connectivity index (χ2v) is 7.53. The molecule has 1 fully saturated rings. The third-order valence-corrected chi connectivity index (χ3v) is 5.01. The van der Waals surface area contributed by atoms with Gasteiger partial charge in [0.25, 0.3) is 0 Å². The van der Waals surface area contributed by atoms with Crippen molar-refractivity contribution in [2.75, 3.05) is 32.9 Å². The Morgan fingerprint density at radius 3 is 3.00 bits per heavy atom. The lowest BCUT2D eigenvalue weighted by Gasteiger charge is -2.31. The number of imidazole rings is 1. The Balaban J connectivity index is 1.91. The highest BCUT2D eigenvalue weighted by atomic mass is 32.2. The van der Waals surface area contributed by atoms with E-state index in [0.29, 0.717) is 19.0 Å². The SMILES string of the molecule is CNCCc1cn(CC2CCCN(S(C)(=O)=O)C2)cn1. The average molecular weight is 300 g/mol. The fourth-order valence-electron chi connectivity index (χ4n) is 2.66. The summed E-state index contributed by atoms with van der Waals surface area (Å²) in [5.41, 5.74) is 1.08. The molecular weight excluding hydrogens is 276 g/mol. The summed E-state index contributed by atoms with van der Waals surface area (Å²) in [5.74, 6) is 0.379. The van der Waals surface area contributed by atoms with E-state index in [1.54, 1.807) is 4.31 Å². The van der Waals surface area contributed by atoms with Crippen LogP contribution in [0.2, 0.25) is 0 Å². The maximum atomic E-state index is 11.6. The van der Waals surface area contributed by atoms with Crippen molar-refractivity contribution in [1.82, 2.24) is 19.2 Å². The van der Waals surface area contributed by atoms with Crippen LogP contribution < -0.4 is 5.32 Å². The first kappa shape index (κ1) is 15.5. The zero-order valence-electron chi connectivity index (χ0n) is 12.2. The molecule has 0 spiro atoms. The lowest BCUT2D eigenvalue weighted by molar-refractivity contribution is 0.246. The minimum absolute atomic E-state index is 0.379. The van der Waals surface area contributed by atoms with Crippen LogP contribution in [0.5, 0.6) is 0 Å². The molecule has 1 aliphatic heterocycles. The molecule has 6 nitrogen and oxygen atoms in total. The van der Waals surface area contributed by atoms with Crippen LogP contribution in [0.15, 0.2) is 12.5 Å². The quantitative estimate of drug-likeness (QED) is 0.821. The molecule has 114 valence electrons. The van der Waals surface area contributed by atoms with E-state index in [-0.39, 0.29) is 0 Å². The first-order chi connectivity index (χ1) is 9.49. The molecule has 0 saturated carbocycles. The van der Waals surface area contributed by atoms with Gasteiger partial charge in [-0.05, 0) is 25.8 Å². The molecule has 1 unspecified atom stereocenters. The van der Waals surface area contributed by atoms with Crippen molar-refractivity contribution < 1.29 is 8.42 Å². The van der Waals surface area contributed by atoms with Crippen LogP contribution in [0, 0.1) is 5.92 Å². The number of sulfonamides is 1. The molecular formula is C13H24N4O2S. The fourth-order valence-corrected chi connectivity index (χ4v) is 3.61. The van der Waals surface area contributed by atoms with E-state index in [1.165, 1.54) is 6.26 Å². The standard InChI is InChI=1S/C13H24N4O2S/c1-14-6-5-13-10-16(11-15-13)8-12-4-3-7-17(9-12)20(2,18)19/h10-12,14H,3-9H2,1-2H3. The number of rotatable bonds is 6. The number of nitrogens with zero attached hydrogens (tertiary/aromatic N) is 3. The molecule has 1 aromatic rings. The van der Waals surface area contributed by atoms with E-state index >= 15 is 0 Å². The Kier molecular flexibility index (Phi) is 5.17. The van der Waals surface area contributed by atoms with Crippen LogP contribution in [0.3, 0.4) is 0 Å². The second kappa shape index (κ2) is 6.69. The molecule has 1 saturated heterocycles. The van der Waals surface area contributed by atoms with Crippen LogP contribution in [0.4, 0.5) is 0 Å². The Bertz CT molecular complexity index is 526. The molecule has 1 aliphatic rings. The normalized spacial score (nSPS) is 21.2. The summed E-state index contributed by atoms with van der Waals surface area (Å²) in [6.45, 7) is 3.05. The smallest absolute Gasteiger partial charge is 0.211 e. The fraction of sp³-hybridized carbons (Fsp3) is 0.769. The van der Waals surface area contributed by atoms with Crippen molar-refractivity contribution in [3.8, 4) is 0 Å². The average Bonchev–Trinajstić information content (AvgIpc) is 2.83. The first-order valence-electron chi connectivity index (χ1n) is 7.09. The van der Waals surface area contributed by atoms with E-state index in [4.69, 9.17) is 0 Å².